The molecule has 1 aromatic rings. The van der Waals surface area contributed by atoms with Crippen LogP contribution in [0.3, 0.4) is 0 Å². The van der Waals surface area contributed by atoms with Crippen molar-refractivity contribution in [2.75, 3.05) is 0 Å². The molecular weight excluding hydrogens is 287 g/mol. The van der Waals surface area contributed by atoms with Gasteiger partial charge in [-0.2, -0.15) is 0 Å². The van der Waals surface area contributed by atoms with E-state index in [1.807, 2.05) is 0 Å². The lowest BCUT2D eigenvalue weighted by Crippen LogP contribution is -2.06. The summed E-state index contributed by atoms with van der Waals surface area (Å²) in [6.45, 7) is 0. The highest BCUT2D eigenvalue weighted by atomic mass is 19.2. The second-order valence-electron chi connectivity index (χ2n) is 5.66. The average molecular weight is 300 g/mol. The first-order valence-corrected chi connectivity index (χ1v) is 6.85. The van der Waals surface area contributed by atoms with Crippen LogP contribution in [0.4, 0.5) is 22.0 Å². The molecule has 2 aliphatic carbocycles. The molecule has 5 heteroatoms. The topological polar surface area (TPSA) is 0 Å². The van der Waals surface area contributed by atoms with Gasteiger partial charge in [-0.3, -0.25) is 0 Å². The first kappa shape index (κ1) is 14.3. The maximum Gasteiger partial charge on any atom is 0.200 e. The summed E-state index contributed by atoms with van der Waals surface area (Å²) < 4.78 is 65.9. The van der Waals surface area contributed by atoms with Gasteiger partial charge in [0.15, 0.2) is 23.3 Å². The Balaban J connectivity index is 1.79. The molecule has 3 unspecified atom stereocenters. The maximum absolute atomic E-state index is 13.5. The van der Waals surface area contributed by atoms with E-state index in [1.54, 1.807) is 0 Å². The van der Waals surface area contributed by atoms with E-state index in [0.717, 1.165) is 18.9 Å². The van der Waals surface area contributed by atoms with E-state index >= 15 is 0 Å². The van der Waals surface area contributed by atoms with E-state index in [4.69, 9.17) is 0 Å². The molecule has 1 aromatic carbocycles. The van der Waals surface area contributed by atoms with Crippen molar-refractivity contribution in [1.82, 2.24) is 0 Å². The Morgan fingerprint density at radius 2 is 1.48 bits per heavy atom. The summed E-state index contributed by atoms with van der Waals surface area (Å²) in [6.07, 6.45) is 9.50. The van der Waals surface area contributed by atoms with Crippen molar-refractivity contribution < 1.29 is 22.0 Å². The minimum Gasteiger partial charge on any atom is -0.203 e. The van der Waals surface area contributed by atoms with Gasteiger partial charge in [-0.15, -0.1) is 0 Å². The van der Waals surface area contributed by atoms with Gasteiger partial charge in [0.2, 0.25) is 5.82 Å². The standard InChI is InChI=1S/C16H13F5/c17-12-11(13(18)15(20)16(21)14(12)19)3-1-2-9-6-8-4-5-10(9)7-8/h1,3-5,8-10H,2,6-7H2. The highest BCUT2D eigenvalue weighted by Gasteiger charge is 2.34. The molecule has 0 radical (unpaired) electrons. The molecule has 3 atom stereocenters. The van der Waals surface area contributed by atoms with Crippen LogP contribution in [0.1, 0.15) is 24.8 Å². The van der Waals surface area contributed by atoms with E-state index in [0.29, 0.717) is 24.2 Å². The Morgan fingerprint density at radius 1 is 0.857 bits per heavy atom. The van der Waals surface area contributed by atoms with Crippen molar-refractivity contribution in [2.24, 2.45) is 17.8 Å². The molecule has 0 heterocycles. The van der Waals surface area contributed by atoms with Crippen LogP contribution in [0.2, 0.25) is 0 Å². The Hall–Kier alpha value is -1.65. The van der Waals surface area contributed by atoms with Crippen molar-refractivity contribution in [3.05, 3.63) is 52.9 Å². The van der Waals surface area contributed by atoms with Crippen LogP contribution in [-0.2, 0) is 0 Å². The minimum absolute atomic E-state index is 0.387. The molecule has 1 fully saturated rings. The summed E-state index contributed by atoms with van der Waals surface area (Å²) in [7, 11) is 0. The molecule has 0 aromatic heterocycles. The molecule has 0 N–H and O–H groups in total. The lowest BCUT2D eigenvalue weighted by atomic mass is 9.90. The van der Waals surface area contributed by atoms with Crippen molar-refractivity contribution in [2.45, 2.75) is 19.3 Å². The Labute approximate surface area is 119 Å². The highest BCUT2D eigenvalue weighted by Crippen LogP contribution is 2.45. The first-order chi connectivity index (χ1) is 9.99. The minimum atomic E-state index is -2.12. The summed E-state index contributed by atoms with van der Waals surface area (Å²) >= 11 is 0. The van der Waals surface area contributed by atoms with Gasteiger partial charge in [0.05, 0.1) is 5.56 Å². The van der Waals surface area contributed by atoms with E-state index in [-0.39, 0.29) is 0 Å². The predicted octanol–water partition coefficient (Wildman–Crippen LogP) is 5.00. The van der Waals surface area contributed by atoms with Gasteiger partial charge >= 0.3 is 0 Å². The third kappa shape index (κ3) is 2.39. The van der Waals surface area contributed by atoms with Gasteiger partial charge in [0, 0.05) is 0 Å². The number of fused-ring (bicyclic) bond motifs is 2. The van der Waals surface area contributed by atoms with Crippen LogP contribution >= 0.6 is 0 Å². The van der Waals surface area contributed by atoms with Crippen LogP contribution in [0.5, 0.6) is 0 Å². The Morgan fingerprint density at radius 3 is 2.00 bits per heavy atom. The Bertz CT molecular complexity index is 603. The quantitative estimate of drug-likeness (QED) is 0.319. The third-order valence-electron chi connectivity index (χ3n) is 4.38. The van der Waals surface area contributed by atoms with Gasteiger partial charge in [-0.25, -0.2) is 22.0 Å². The van der Waals surface area contributed by atoms with Gasteiger partial charge in [0.1, 0.15) is 0 Å². The molecule has 1 saturated carbocycles. The largest absolute Gasteiger partial charge is 0.203 e. The fourth-order valence-corrected chi connectivity index (χ4v) is 3.29. The molecule has 2 aliphatic rings. The summed E-state index contributed by atoms with van der Waals surface area (Å²) in [4.78, 5) is 0. The highest BCUT2D eigenvalue weighted by molar-refractivity contribution is 5.51. The summed E-state index contributed by atoms with van der Waals surface area (Å²) in [5.41, 5.74) is -0.870. The number of halogens is 5. The molecule has 0 nitrogen and oxygen atoms in total. The molecule has 21 heavy (non-hydrogen) atoms. The van der Waals surface area contributed by atoms with Crippen molar-refractivity contribution in [1.29, 1.82) is 0 Å². The van der Waals surface area contributed by atoms with E-state index in [1.165, 1.54) is 6.08 Å². The van der Waals surface area contributed by atoms with Crippen molar-refractivity contribution in [3.8, 4) is 0 Å². The molecule has 0 saturated heterocycles. The second kappa shape index (κ2) is 5.28. The number of hydrogen-bond donors (Lipinski definition) is 0. The normalized spacial score (nSPS) is 27.2. The molecule has 0 aliphatic heterocycles. The molecule has 0 spiro atoms. The molecule has 2 bridgehead atoms. The first-order valence-electron chi connectivity index (χ1n) is 6.85. The smallest absolute Gasteiger partial charge is 0.200 e. The number of hydrogen-bond acceptors (Lipinski definition) is 0. The fourth-order valence-electron chi connectivity index (χ4n) is 3.29. The summed E-state index contributed by atoms with van der Waals surface area (Å²) in [5.74, 6) is -8.07. The summed E-state index contributed by atoms with van der Waals surface area (Å²) in [5, 5.41) is 0. The monoisotopic (exact) mass is 300 g/mol. The zero-order chi connectivity index (χ0) is 15.1. The molecule has 3 rings (SSSR count). The zero-order valence-electron chi connectivity index (χ0n) is 11.1. The zero-order valence-corrected chi connectivity index (χ0v) is 11.1. The fraction of sp³-hybridized carbons (Fsp3) is 0.375. The van der Waals surface area contributed by atoms with E-state index < -0.39 is 34.6 Å². The van der Waals surface area contributed by atoms with Crippen LogP contribution in [0.15, 0.2) is 18.2 Å². The third-order valence-corrected chi connectivity index (χ3v) is 4.38. The van der Waals surface area contributed by atoms with E-state index in [2.05, 4.69) is 12.2 Å². The maximum atomic E-state index is 13.5. The second-order valence-corrected chi connectivity index (χ2v) is 5.66. The lowest BCUT2D eigenvalue weighted by Gasteiger charge is -2.15. The van der Waals surface area contributed by atoms with Gasteiger partial charge < -0.3 is 0 Å². The van der Waals surface area contributed by atoms with Crippen LogP contribution in [0.25, 0.3) is 6.08 Å². The molecule has 112 valence electrons. The Kier molecular flexibility index (Phi) is 3.59. The van der Waals surface area contributed by atoms with Crippen LogP contribution in [0, 0.1) is 46.8 Å². The van der Waals surface area contributed by atoms with Crippen molar-refractivity contribution in [3.63, 3.8) is 0 Å². The molecule has 0 amide bonds. The summed E-state index contributed by atoms with van der Waals surface area (Å²) in [6, 6.07) is 0. The number of allylic oxidation sites excluding steroid dienone is 3. The van der Waals surface area contributed by atoms with Gasteiger partial charge in [-0.1, -0.05) is 24.3 Å². The van der Waals surface area contributed by atoms with Gasteiger partial charge in [-0.05, 0) is 37.0 Å². The number of rotatable bonds is 3. The predicted molar refractivity (Wildman–Crippen MR) is 68.7 cm³/mol. The average Bonchev–Trinajstić information content (AvgIpc) is 3.09. The molecular formula is C16H13F5. The van der Waals surface area contributed by atoms with Crippen molar-refractivity contribution >= 4 is 6.08 Å². The van der Waals surface area contributed by atoms with Gasteiger partial charge in [0.25, 0.3) is 0 Å². The number of benzene rings is 1. The SMILES string of the molecule is Fc1c(F)c(F)c(C=CCC2CC3C=CC2C3)c(F)c1F. The van der Waals surface area contributed by atoms with Crippen LogP contribution in [-0.4, -0.2) is 0 Å². The lowest BCUT2D eigenvalue weighted by molar-refractivity contribution is 0.377. The van der Waals surface area contributed by atoms with E-state index in [9.17, 15) is 22.0 Å². The van der Waals surface area contributed by atoms with Crippen LogP contribution < -0.4 is 0 Å².